The van der Waals surface area contributed by atoms with E-state index in [9.17, 15) is 4.79 Å². The lowest BCUT2D eigenvalue weighted by atomic mass is 10.1. The molecule has 0 amide bonds. The van der Waals surface area contributed by atoms with E-state index >= 15 is 0 Å². The summed E-state index contributed by atoms with van der Waals surface area (Å²) in [6.07, 6.45) is 3.53. The van der Waals surface area contributed by atoms with E-state index < -0.39 is 5.97 Å². The number of hydrogen-bond acceptors (Lipinski definition) is 2. The first kappa shape index (κ1) is 12.3. The van der Waals surface area contributed by atoms with E-state index in [4.69, 9.17) is 9.84 Å². The summed E-state index contributed by atoms with van der Waals surface area (Å²) in [6.45, 7) is 5.98. The van der Waals surface area contributed by atoms with Gasteiger partial charge in [0, 0.05) is 0 Å². The molecule has 3 nitrogen and oxygen atoms in total. The maximum absolute atomic E-state index is 11.0. The Balaban J connectivity index is 2.71. The second-order valence-corrected chi connectivity index (χ2v) is 3.58. The zero-order valence-corrected chi connectivity index (χ0v) is 9.40. The summed E-state index contributed by atoms with van der Waals surface area (Å²) in [5.74, 6) is -0.524. The molecule has 0 saturated heterocycles. The standard InChI is InChI=1S/C13H16O3/c1-3-4-5-8-16-12-7-6-10(2)9-11(12)13(14)15/h3,6-7,9H,1,4-5,8H2,2H3,(H,14,15). The predicted octanol–water partition coefficient (Wildman–Crippen LogP) is 3.04. The van der Waals surface area contributed by atoms with Crippen molar-refractivity contribution in [2.75, 3.05) is 6.61 Å². The topological polar surface area (TPSA) is 46.5 Å². The first-order chi connectivity index (χ1) is 7.65. The molecule has 0 aliphatic rings. The van der Waals surface area contributed by atoms with E-state index in [0.717, 1.165) is 18.4 Å². The van der Waals surface area contributed by atoms with Gasteiger partial charge in [0.05, 0.1) is 6.61 Å². The van der Waals surface area contributed by atoms with E-state index in [1.54, 1.807) is 12.1 Å². The molecule has 0 aromatic heterocycles. The van der Waals surface area contributed by atoms with E-state index in [0.29, 0.717) is 12.4 Å². The summed E-state index contributed by atoms with van der Waals surface area (Å²) in [7, 11) is 0. The van der Waals surface area contributed by atoms with Crippen molar-refractivity contribution >= 4 is 5.97 Å². The Bertz CT molecular complexity index is 383. The maximum atomic E-state index is 11.0. The molecule has 1 aromatic rings. The molecule has 1 N–H and O–H groups in total. The lowest BCUT2D eigenvalue weighted by Crippen LogP contribution is -2.04. The molecule has 0 atom stereocenters. The van der Waals surface area contributed by atoms with Crippen molar-refractivity contribution in [1.29, 1.82) is 0 Å². The van der Waals surface area contributed by atoms with Gasteiger partial charge in [-0.1, -0.05) is 17.7 Å². The van der Waals surface area contributed by atoms with Crippen LogP contribution in [-0.2, 0) is 0 Å². The number of hydrogen-bond donors (Lipinski definition) is 1. The molecule has 86 valence electrons. The maximum Gasteiger partial charge on any atom is 0.339 e. The third-order valence-electron chi connectivity index (χ3n) is 2.18. The van der Waals surface area contributed by atoms with Crippen molar-refractivity contribution in [3.8, 4) is 5.75 Å². The Morgan fingerprint density at radius 1 is 1.56 bits per heavy atom. The van der Waals surface area contributed by atoms with Crippen LogP contribution in [0.2, 0.25) is 0 Å². The molecule has 0 heterocycles. The molecule has 0 saturated carbocycles. The highest BCUT2D eigenvalue weighted by molar-refractivity contribution is 5.91. The lowest BCUT2D eigenvalue weighted by molar-refractivity contribution is 0.0692. The Morgan fingerprint density at radius 3 is 2.94 bits per heavy atom. The normalized spacial score (nSPS) is 9.81. The van der Waals surface area contributed by atoms with E-state index in [-0.39, 0.29) is 5.56 Å². The van der Waals surface area contributed by atoms with Crippen molar-refractivity contribution in [2.45, 2.75) is 19.8 Å². The zero-order chi connectivity index (χ0) is 12.0. The van der Waals surface area contributed by atoms with Crippen LogP contribution in [0.25, 0.3) is 0 Å². The summed E-state index contributed by atoms with van der Waals surface area (Å²) in [5.41, 5.74) is 1.13. The van der Waals surface area contributed by atoms with Crippen LogP contribution >= 0.6 is 0 Å². The molecule has 0 spiro atoms. The molecule has 0 bridgehead atoms. The lowest BCUT2D eigenvalue weighted by Gasteiger charge is -2.09. The monoisotopic (exact) mass is 220 g/mol. The highest BCUT2D eigenvalue weighted by Crippen LogP contribution is 2.20. The molecule has 0 fully saturated rings. The largest absolute Gasteiger partial charge is 0.493 e. The number of rotatable bonds is 6. The van der Waals surface area contributed by atoms with E-state index in [1.807, 2.05) is 19.1 Å². The summed E-state index contributed by atoms with van der Waals surface area (Å²) in [5, 5.41) is 9.00. The summed E-state index contributed by atoms with van der Waals surface area (Å²) >= 11 is 0. The number of carboxylic acids is 1. The number of benzene rings is 1. The highest BCUT2D eigenvalue weighted by atomic mass is 16.5. The van der Waals surface area contributed by atoms with Gasteiger partial charge < -0.3 is 9.84 Å². The van der Waals surface area contributed by atoms with Gasteiger partial charge in [0.25, 0.3) is 0 Å². The van der Waals surface area contributed by atoms with Gasteiger partial charge in [0.15, 0.2) is 0 Å². The molecule has 0 radical (unpaired) electrons. The number of aromatic carboxylic acids is 1. The van der Waals surface area contributed by atoms with Crippen LogP contribution in [0.15, 0.2) is 30.9 Å². The Hall–Kier alpha value is -1.77. The number of aryl methyl sites for hydroxylation is 1. The summed E-state index contributed by atoms with van der Waals surface area (Å²) < 4.78 is 5.43. The summed E-state index contributed by atoms with van der Waals surface area (Å²) in [6, 6.07) is 5.16. The number of carboxylic acid groups (broad SMARTS) is 1. The number of ether oxygens (including phenoxy) is 1. The first-order valence-electron chi connectivity index (χ1n) is 5.23. The van der Waals surface area contributed by atoms with Crippen LogP contribution < -0.4 is 4.74 Å². The van der Waals surface area contributed by atoms with E-state index in [2.05, 4.69) is 6.58 Å². The average molecular weight is 220 g/mol. The zero-order valence-electron chi connectivity index (χ0n) is 9.40. The summed E-state index contributed by atoms with van der Waals surface area (Å²) in [4.78, 5) is 11.0. The van der Waals surface area contributed by atoms with Crippen LogP contribution in [0.5, 0.6) is 5.75 Å². The molecule has 16 heavy (non-hydrogen) atoms. The Labute approximate surface area is 95.4 Å². The van der Waals surface area contributed by atoms with Crippen LogP contribution in [0.3, 0.4) is 0 Å². The molecule has 1 rings (SSSR count). The van der Waals surface area contributed by atoms with Crippen molar-refractivity contribution in [3.05, 3.63) is 42.0 Å². The van der Waals surface area contributed by atoms with E-state index in [1.165, 1.54) is 0 Å². The molecule has 0 aliphatic carbocycles. The van der Waals surface area contributed by atoms with Gasteiger partial charge in [-0.15, -0.1) is 6.58 Å². The van der Waals surface area contributed by atoms with Gasteiger partial charge in [-0.3, -0.25) is 0 Å². The van der Waals surface area contributed by atoms with Crippen molar-refractivity contribution in [2.24, 2.45) is 0 Å². The fraction of sp³-hybridized carbons (Fsp3) is 0.308. The predicted molar refractivity (Wildman–Crippen MR) is 63.1 cm³/mol. The molecular formula is C13H16O3. The van der Waals surface area contributed by atoms with Gasteiger partial charge in [0.1, 0.15) is 11.3 Å². The molecular weight excluding hydrogens is 204 g/mol. The quantitative estimate of drug-likeness (QED) is 0.592. The van der Waals surface area contributed by atoms with Crippen molar-refractivity contribution in [1.82, 2.24) is 0 Å². The van der Waals surface area contributed by atoms with Gasteiger partial charge in [-0.2, -0.15) is 0 Å². The SMILES string of the molecule is C=CCCCOc1ccc(C)cc1C(=O)O. The van der Waals surface area contributed by atoms with Crippen LogP contribution in [0.1, 0.15) is 28.8 Å². The van der Waals surface area contributed by atoms with Crippen molar-refractivity contribution < 1.29 is 14.6 Å². The second kappa shape index (κ2) is 5.95. The van der Waals surface area contributed by atoms with Crippen LogP contribution in [0.4, 0.5) is 0 Å². The minimum absolute atomic E-state index is 0.221. The molecule has 1 aromatic carbocycles. The van der Waals surface area contributed by atoms with Crippen molar-refractivity contribution in [3.63, 3.8) is 0 Å². The molecule has 0 unspecified atom stereocenters. The fourth-order valence-corrected chi connectivity index (χ4v) is 1.35. The van der Waals surface area contributed by atoms with Gasteiger partial charge in [-0.25, -0.2) is 4.79 Å². The molecule has 0 aliphatic heterocycles. The Morgan fingerprint density at radius 2 is 2.31 bits per heavy atom. The number of carbonyl (C=O) groups is 1. The van der Waals surface area contributed by atoms with Gasteiger partial charge in [0.2, 0.25) is 0 Å². The second-order valence-electron chi connectivity index (χ2n) is 3.58. The molecule has 3 heteroatoms. The first-order valence-corrected chi connectivity index (χ1v) is 5.23. The number of allylic oxidation sites excluding steroid dienone is 1. The minimum Gasteiger partial charge on any atom is -0.493 e. The van der Waals surface area contributed by atoms with Gasteiger partial charge >= 0.3 is 5.97 Å². The fourth-order valence-electron chi connectivity index (χ4n) is 1.35. The van der Waals surface area contributed by atoms with Crippen LogP contribution in [0, 0.1) is 6.92 Å². The number of unbranched alkanes of at least 4 members (excludes halogenated alkanes) is 1. The third kappa shape index (κ3) is 3.42. The van der Waals surface area contributed by atoms with Gasteiger partial charge in [-0.05, 0) is 31.9 Å². The minimum atomic E-state index is -0.956. The third-order valence-corrected chi connectivity index (χ3v) is 2.18. The Kier molecular flexibility index (Phi) is 4.58. The average Bonchev–Trinajstić information content (AvgIpc) is 2.26. The van der Waals surface area contributed by atoms with Crippen LogP contribution in [-0.4, -0.2) is 17.7 Å². The highest BCUT2D eigenvalue weighted by Gasteiger charge is 2.10. The smallest absolute Gasteiger partial charge is 0.339 e.